The number of amides is 4. The van der Waals surface area contributed by atoms with Crippen LogP contribution in [0, 0.1) is 0 Å². The van der Waals surface area contributed by atoms with E-state index in [0.717, 1.165) is 0 Å². The summed E-state index contributed by atoms with van der Waals surface area (Å²) >= 11 is 0. The minimum absolute atomic E-state index is 0.0243. The van der Waals surface area contributed by atoms with E-state index in [1.165, 1.54) is 6.92 Å². The molecule has 0 saturated heterocycles. The number of nitrogens with two attached hydrogens (primary N) is 1. The molecule has 1 aromatic rings. The summed E-state index contributed by atoms with van der Waals surface area (Å²) in [5.41, 5.74) is 5.64. The van der Waals surface area contributed by atoms with Crippen molar-refractivity contribution in [2.45, 2.75) is 44.0 Å². The topological polar surface area (TPSA) is 223 Å². The van der Waals surface area contributed by atoms with Gasteiger partial charge in [0.1, 0.15) is 12.6 Å². The van der Waals surface area contributed by atoms with Crippen molar-refractivity contribution in [2.24, 2.45) is 5.73 Å². The largest absolute Gasteiger partial charge is 0.396 e. The number of hydrogen-bond acceptors (Lipinski definition) is 11. The lowest BCUT2D eigenvalue weighted by Crippen LogP contribution is -2.51. The van der Waals surface area contributed by atoms with E-state index in [2.05, 4.69) is 38.0 Å². The van der Waals surface area contributed by atoms with Gasteiger partial charge in [-0.25, -0.2) is 4.79 Å². The Morgan fingerprint density at radius 3 is 2.63 bits per heavy atom. The quantitative estimate of drug-likeness (QED) is 0.229. The van der Waals surface area contributed by atoms with Crippen molar-refractivity contribution in [3.05, 3.63) is 24.0 Å². The van der Waals surface area contributed by atoms with Crippen LogP contribution in [0.2, 0.25) is 0 Å². The van der Waals surface area contributed by atoms with Crippen LogP contribution in [-0.4, -0.2) is 89.9 Å². The zero-order valence-electron chi connectivity index (χ0n) is 19.5. The summed E-state index contributed by atoms with van der Waals surface area (Å²) < 4.78 is 15.9. The average molecular weight is 500 g/mol. The van der Waals surface area contributed by atoms with Gasteiger partial charge in [-0.3, -0.25) is 9.59 Å². The zero-order chi connectivity index (χ0) is 25.8. The molecule has 1 aliphatic rings. The Labute approximate surface area is 201 Å². The number of aliphatic hydroxyl groups excluding tert-OH is 2. The molecule has 4 amide bonds. The van der Waals surface area contributed by atoms with Gasteiger partial charge in [0, 0.05) is 18.8 Å². The molecule has 0 fully saturated rings. The number of carbonyl (C=O) groups is 3. The molecular weight excluding hydrogens is 466 g/mol. The highest BCUT2D eigenvalue weighted by molar-refractivity contribution is 5.78. The summed E-state index contributed by atoms with van der Waals surface area (Å²) in [5, 5.41) is 34.0. The molecule has 15 nitrogen and oxygen atoms in total. The second-order valence-electron chi connectivity index (χ2n) is 7.80. The number of nitrogens with zero attached hydrogens (tertiary/aromatic N) is 2. The van der Waals surface area contributed by atoms with Gasteiger partial charge in [-0.15, -0.1) is 0 Å². The Morgan fingerprint density at radius 2 is 1.94 bits per heavy atom. The molecule has 196 valence electrons. The smallest absolute Gasteiger partial charge is 0.316 e. The predicted molar refractivity (Wildman–Crippen MR) is 119 cm³/mol. The van der Waals surface area contributed by atoms with Gasteiger partial charge < -0.3 is 51.2 Å². The van der Waals surface area contributed by atoms with Gasteiger partial charge in [-0.2, -0.15) is 4.98 Å². The standard InChI is InChI=1S/C20H33N7O8/c1-11-17(12(2)29)25-20(32)24-14(9-15(21)30)19-26-18(27-35-19)13(3-5-28)23-16(31)10-34-8-7-33-6-4-22-11/h12-14,17,22,28-29H,1,3-10H2,2H3,(H2,21,30)(H,23,31)(H2,24,25,32)/t12?,13-,14-,17+/m0/s1. The first-order chi connectivity index (χ1) is 16.7. The van der Waals surface area contributed by atoms with E-state index in [-0.39, 0.29) is 57.6 Å². The van der Waals surface area contributed by atoms with Crippen LogP contribution in [0.3, 0.4) is 0 Å². The summed E-state index contributed by atoms with van der Waals surface area (Å²) in [6.07, 6.45) is -1.29. The number of rotatable bonds is 5. The molecule has 1 unspecified atom stereocenters. The molecule has 2 heterocycles. The van der Waals surface area contributed by atoms with Crippen LogP contribution in [0.1, 0.15) is 43.6 Å². The summed E-state index contributed by atoms with van der Waals surface area (Å²) in [6, 6.07) is -3.54. The molecule has 0 spiro atoms. The van der Waals surface area contributed by atoms with Gasteiger partial charge in [0.25, 0.3) is 0 Å². The molecular formula is C20H33N7O8. The third-order valence-electron chi connectivity index (χ3n) is 4.88. The number of aliphatic hydroxyl groups is 2. The van der Waals surface area contributed by atoms with Crippen molar-refractivity contribution in [1.29, 1.82) is 0 Å². The van der Waals surface area contributed by atoms with Crippen molar-refractivity contribution >= 4 is 17.8 Å². The Morgan fingerprint density at radius 1 is 1.20 bits per heavy atom. The Balaban J connectivity index is 2.27. The van der Waals surface area contributed by atoms with E-state index in [1.807, 2.05) is 0 Å². The maximum Gasteiger partial charge on any atom is 0.316 e. The molecule has 15 heteroatoms. The molecule has 1 aromatic heterocycles. The maximum absolute atomic E-state index is 12.7. The number of primary amides is 1. The molecule has 1 aliphatic heterocycles. The number of urea groups is 1. The third-order valence-corrected chi connectivity index (χ3v) is 4.88. The highest BCUT2D eigenvalue weighted by Gasteiger charge is 2.28. The molecule has 8 N–H and O–H groups in total. The number of fused-ring (bicyclic) bond motifs is 2. The Kier molecular flexibility index (Phi) is 11.4. The molecule has 0 aromatic carbocycles. The van der Waals surface area contributed by atoms with Gasteiger partial charge in [-0.05, 0) is 13.3 Å². The molecule has 4 atom stereocenters. The van der Waals surface area contributed by atoms with E-state index >= 15 is 0 Å². The average Bonchev–Trinajstić information content (AvgIpc) is 3.27. The number of nitrogens with one attached hydrogen (secondary N) is 4. The highest BCUT2D eigenvalue weighted by Crippen LogP contribution is 2.19. The lowest BCUT2D eigenvalue weighted by Gasteiger charge is -2.25. The molecule has 2 bridgehead atoms. The van der Waals surface area contributed by atoms with Gasteiger partial charge in [0.2, 0.25) is 17.7 Å². The van der Waals surface area contributed by atoms with Crippen molar-refractivity contribution in [3.63, 3.8) is 0 Å². The van der Waals surface area contributed by atoms with Gasteiger partial charge in [-0.1, -0.05) is 11.7 Å². The summed E-state index contributed by atoms with van der Waals surface area (Å²) in [5.74, 6) is -1.34. The fourth-order valence-corrected chi connectivity index (χ4v) is 3.18. The van der Waals surface area contributed by atoms with Crippen LogP contribution in [0.5, 0.6) is 0 Å². The van der Waals surface area contributed by atoms with Crippen LogP contribution in [0.15, 0.2) is 16.8 Å². The minimum atomic E-state index is -1.10. The molecule has 0 radical (unpaired) electrons. The van der Waals surface area contributed by atoms with Crippen molar-refractivity contribution in [1.82, 2.24) is 31.4 Å². The second kappa shape index (κ2) is 14.2. The lowest BCUT2D eigenvalue weighted by molar-refractivity contribution is -0.127. The first-order valence-corrected chi connectivity index (χ1v) is 11.1. The Hall–Kier alpha value is -3.27. The highest BCUT2D eigenvalue weighted by atomic mass is 16.5. The third kappa shape index (κ3) is 9.48. The maximum atomic E-state index is 12.7. The summed E-state index contributed by atoms with van der Waals surface area (Å²) in [6.45, 7) is 5.80. The number of hydrogen-bond donors (Lipinski definition) is 7. The van der Waals surface area contributed by atoms with E-state index < -0.39 is 42.1 Å². The van der Waals surface area contributed by atoms with Gasteiger partial charge in [0.15, 0.2) is 5.82 Å². The number of aromatic nitrogens is 2. The minimum Gasteiger partial charge on any atom is -0.396 e. The molecule has 0 saturated carbocycles. The van der Waals surface area contributed by atoms with Crippen molar-refractivity contribution in [3.8, 4) is 0 Å². The molecule has 0 aliphatic carbocycles. The van der Waals surface area contributed by atoms with Crippen LogP contribution in [0.4, 0.5) is 4.79 Å². The number of ether oxygens (including phenoxy) is 2. The summed E-state index contributed by atoms with van der Waals surface area (Å²) in [7, 11) is 0. The SMILES string of the molecule is C=C1NCCOCCOCC(=O)N[C@@H](CCO)c2noc(n2)[C@H](CC(N)=O)NC(=O)N[C@H]1C(C)O. The van der Waals surface area contributed by atoms with E-state index in [9.17, 15) is 24.6 Å². The number of carbonyl (C=O) groups excluding carboxylic acids is 3. The first kappa shape index (κ1) is 28.0. The summed E-state index contributed by atoms with van der Waals surface area (Å²) in [4.78, 5) is 40.7. The van der Waals surface area contributed by atoms with Crippen LogP contribution in [-0.2, 0) is 19.1 Å². The van der Waals surface area contributed by atoms with Crippen molar-refractivity contribution < 1.29 is 38.6 Å². The zero-order valence-corrected chi connectivity index (χ0v) is 19.5. The fourth-order valence-electron chi connectivity index (χ4n) is 3.18. The van der Waals surface area contributed by atoms with E-state index in [1.54, 1.807) is 0 Å². The van der Waals surface area contributed by atoms with Gasteiger partial charge >= 0.3 is 6.03 Å². The van der Waals surface area contributed by atoms with Crippen molar-refractivity contribution in [2.75, 3.05) is 39.6 Å². The predicted octanol–water partition coefficient (Wildman–Crippen LogP) is -2.28. The van der Waals surface area contributed by atoms with Crippen LogP contribution >= 0.6 is 0 Å². The van der Waals surface area contributed by atoms with E-state index in [4.69, 9.17) is 19.7 Å². The molecule has 35 heavy (non-hydrogen) atoms. The normalized spacial score (nSPS) is 24.3. The van der Waals surface area contributed by atoms with Crippen LogP contribution < -0.4 is 27.0 Å². The second-order valence-corrected chi connectivity index (χ2v) is 7.80. The molecule has 2 rings (SSSR count). The monoisotopic (exact) mass is 499 g/mol. The fraction of sp³-hybridized carbons (Fsp3) is 0.650. The van der Waals surface area contributed by atoms with E-state index in [0.29, 0.717) is 12.2 Å². The van der Waals surface area contributed by atoms with Gasteiger partial charge in [0.05, 0.1) is 44.4 Å². The first-order valence-electron chi connectivity index (χ1n) is 11.1. The Bertz CT molecular complexity index is 862. The van der Waals surface area contributed by atoms with Crippen LogP contribution in [0.25, 0.3) is 0 Å². The lowest BCUT2D eigenvalue weighted by atomic mass is 10.1.